The first-order chi connectivity index (χ1) is 12.0. The van der Waals surface area contributed by atoms with Gasteiger partial charge in [0.25, 0.3) is 0 Å². The lowest BCUT2D eigenvalue weighted by Gasteiger charge is -2.21. The summed E-state index contributed by atoms with van der Waals surface area (Å²) in [4.78, 5) is 8.91. The summed E-state index contributed by atoms with van der Waals surface area (Å²) in [6, 6.07) is 16.1. The Balaban J connectivity index is 1.72. The van der Waals surface area contributed by atoms with Crippen molar-refractivity contribution in [2.75, 3.05) is 39.1 Å². The van der Waals surface area contributed by atoms with E-state index in [2.05, 4.69) is 58.3 Å². The van der Waals surface area contributed by atoms with Crippen LogP contribution in [0, 0.1) is 0 Å². The van der Waals surface area contributed by atoms with Crippen LogP contribution in [0.4, 0.5) is 17.3 Å². The first-order valence-corrected chi connectivity index (χ1v) is 8.34. The van der Waals surface area contributed by atoms with Crippen molar-refractivity contribution in [3.63, 3.8) is 0 Å². The van der Waals surface area contributed by atoms with Crippen LogP contribution >= 0.6 is 0 Å². The number of nitrogens with zero attached hydrogens (tertiary/aromatic N) is 6. The zero-order chi connectivity index (χ0) is 17.8. The lowest BCUT2D eigenvalue weighted by Crippen LogP contribution is -2.28. The van der Waals surface area contributed by atoms with Crippen molar-refractivity contribution in [3.05, 3.63) is 48.5 Å². The summed E-state index contributed by atoms with van der Waals surface area (Å²) < 4.78 is 1.95. The van der Waals surface area contributed by atoms with Gasteiger partial charge in [-0.3, -0.25) is 0 Å². The average Bonchev–Trinajstić information content (AvgIpc) is 2.94. The topological polar surface area (TPSA) is 49.0 Å². The highest BCUT2D eigenvalue weighted by molar-refractivity contribution is 5.77. The SMILES string of the molecule is CN(C)CCN(C)c1ccc(/N=N/c2nc3ccccc3n2C)cc1. The fourth-order valence-electron chi connectivity index (χ4n) is 2.58. The molecule has 0 N–H and O–H groups in total. The smallest absolute Gasteiger partial charge is 0.250 e. The summed E-state index contributed by atoms with van der Waals surface area (Å²) in [5.41, 5.74) is 3.96. The molecule has 3 rings (SSSR count). The molecule has 6 nitrogen and oxygen atoms in total. The molecule has 0 aliphatic rings. The van der Waals surface area contributed by atoms with Gasteiger partial charge >= 0.3 is 0 Å². The molecule has 3 aromatic rings. The molecule has 2 aromatic carbocycles. The highest BCUT2D eigenvalue weighted by atomic mass is 15.3. The molecule has 130 valence electrons. The van der Waals surface area contributed by atoms with Crippen LogP contribution in [0.15, 0.2) is 58.8 Å². The molecule has 0 spiro atoms. The molecule has 0 fully saturated rings. The number of hydrogen-bond acceptors (Lipinski definition) is 5. The average molecular weight is 336 g/mol. The fraction of sp³-hybridized carbons (Fsp3) is 0.316. The number of hydrogen-bond donors (Lipinski definition) is 0. The quantitative estimate of drug-likeness (QED) is 0.640. The Morgan fingerprint density at radius 3 is 2.32 bits per heavy atom. The van der Waals surface area contributed by atoms with Crippen LogP contribution in [0.3, 0.4) is 0 Å². The fourth-order valence-corrected chi connectivity index (χ4v) is 2.58. The molecule has 0 saturated carbocycles. The summed E-state index contributed by atoms with van der Waals surface area (Å²) in [5.74, 6) is 0.605. The van der Waals surface area contributed by atoms with Gasteiger partial charge in [0, 0.05) is 32.9 Å². The third kappa shape index (κ3) is 4.03. The number of aromatic nitrogens is 2. The van der Waals surface area contributed by atoms with Crippen LogP contribution in [0.2, 0.25) is 0 Å². The minimum Gasteiger partial charge on any atom is -0.373 e. The van der Waals surface area contributed by atoms with Crippen molar-refractivity contribution in [3.8, 4) is 0 Å². The van der Waals surface area contributed by atoms with Crippen LogP contribution in [-0.2, 0) is 7.05 Å². The lowest BCUT2D eigenvalue weighted by atomic mass is 10.2. The predicted molar refractivity (Wildman–Crippen MR) is 103 cm³/mol. The van der Waals surface area contributed by atoms with Crippen LogP contribution < -0.4 is 4.90 Å². The highest BCUT2D eigenvalue weighted by Crippen LogP contribution is 2.23. The van der Waals surface area contributed by atoms with Gasteiger partial charge in [0.05, 0.1) is 16.7 Å². The van der Waals surface area contributed by atoms with E-state index in [1.807, 2.05) is 48.0 Å². The molecular weight excluding hydrogens is 312 g/mol. The molecule has 0 aliphatic heterocycles. The van der Waals surface area contributed by atoms with Gasteiger partial charge in [0.15, 0.2) is 0 Å². The first-order valence-electron chi connectivity index (χ1n) is 8.34. The predicted octanol–water partition coefficient (Wildman–Crippen LogP) is 3.99. The minimum absolute atomic E-state index is 0.605. The Morgan fingerprint density at radius 2 is 1.64 bits per heavy atom. The van der Waals surface area contributed by atoms with Gasteiger partial charge in [-0.15, -0.1) is 10.2 Å². The standard InChI is InChI=1S/C19H24N6/c1-23(2)13-14-24(3)16-11-9-15(10-12-16)21-22-19-20-17-7-5-6-8-18(17)25(19)4/h5-12H,13-14H2,1-4H3/b22-21+. The van der Waals surface area contributed by atoms with E-state index in [0.29, 0.717) is 5.95 Å². The maximum atomic E-state index is 4.50. The van der Waals surface area contributed by atoms with E-state index in [1.165, 1.54) is 5.69 Å². The number of imidazole rings is 1. The maximum absolute atomic E-state index is 4.50. The van der Waals surface area contributed by atoms with E-state index >= 15 is 0 Å². The van der Waals surface area contributed by atoms with E-state index in [1.54, 1.807) is 0 Å². The molecule has 25 heavy (non-hydrogen) atoms. The molecule has 0 saturated heterocycles. The van der Waals surface area contributed by atoms with Crippen molar-refractivity contribution in [2.24, 2.45) is 17.3 Å². The molecule has 1 aromatic heterocycles. The molecular formula is C19H24N6. The van der Waals surface area contributed by atoms with Crippen LogP contribution in [0.1, 0.15) is 0 Å². The molecule has 0 amide bonds. The van der Waals surface area contributed by atoms with Gasteiger partial charge in [-0.05, 0) is 50.5 Å². The monoisotopic (exact) mass is 336 g/mol. The Bertz CT molecular complexity index is 863. The van der Waals surface area contributed by atoms with Gasteiger partial charge in [0.2, 0.25) is 5.95 Å². The van der Waals surface area contributed by atoms with Crippen molar-refractivity contribution >= 4 is 28.4 Å². The third-order valence-corrected chi connectivity index (χ3v) is 4.19. The number of likely N-dealkylation sites (N-methyl/N-ethyl adjacent to an activating group) is 2. The van der Waals surface area contributed by atoms with E-state index < -0.39 is 0 Å². The first kappa shape index (κ1) is 17.1. The van der Waals surface area contributed by atoms with E-state index in [0.717, 1.165) is 29.8 Å². The molecule has 0 radical (unpaired) electrons. The summed E-state index contributed by atoms with van der Waals surface area (Å²) in [5, 5.41) is 8.63. The third-order valence-electron chi connectivity index (χ3n) is 4.19. The van der Waals surface area contributed by atoms with Crippen LogP contribution in [0.5, 0.6) is 0 Å². The molecule has 0 bridgehead atoms. The van der Waals surface area contributed by atoms with Crippen LogP contribution in [0.25, 0.3) is 11.0 Å². The minimum atomic E-state index is 0.605. The Labute approximate surface area is 148 Å². The van der Waals surface area contributed by atoms with E-state index in [-0.39, 0.29) is 0 Å². The second-order valence-corrected chi connectivity index (χ2v) is 6.40. The molecule has 0 atom stereocenters. The number of rotatable bonds is 6. The largest absolute Gasteiger partial charge is 0.373 e. The number of benzene rings is 2. The molecule has 1 heterocycles. The summed E-state index contributed by atoms with van der Waals surface area (Å²) >= 11 is 0. The number of fused-ring (bicyclic) bond motifs is 1. The second kappa shape index (κ2) is 7.44. The van der Waals surface area contributed by atoms with Gasteiger partial charge in [-0.25, -0.2) is 4.98 Å². The molecule has 0 unspecified atom stereocenters. The summed E-state index contributed by atoms with van der Waals surface area (Å²) in [6.07, 6.45) is 0. The lowest BCUT2D eigenvalue weighted by molar-refractivity contribution is 0.416. The number of aryl methyl sites for hydroxylation is 1. The van der Waals surface area contributed by atoms with Gasteiger partial charge in [-0.1, -0.05) is 12.1 Å². The normalized spacial score (nSPS) is 11.7. The Morgan fingerprint density at radius 1 is 0.920 bits per heavy atom. The molecule has 0 aliphatic carbocycles. The second-order valence-electron chi connectivity index (χ2n) is 6.40. The maximum Gasteiger partial charge on any atom is 0.250 e. The summed E-state index contributed by atoms with van der Waals surface area (Å²) in [6.45, 7) is 2.00. The molecule has 6 heteroatoms. The van der Waals surface area contributed by atoms with E-state index in [9.17, 15) is 0 Å². The van der Waals surface area contributed by atoms with E-state index in [4.69, 9.17) is 0 Å². The number of anilines is 1. The van der Waals surface area contributed by atoms with Gasteiger partial charge < -0.3 is 14.4 Å². The number of para-hydroxylation sites is 2. The zero-order valence-electron chi connectivity index (χ0n) is 15.2. The number of azo groups is 1. The summed E-state index contributed by atoms with van der Waals surface area (Å²) in [7, 11) is 8.21. The zero-order valence-corrected chi connectivity index (χ0v) is 15.2. The van der Waals surface area contributed by atoms with Crippen molar-refractivity contribution in [1.82, 2.24) is 14.5 Å². The van der Waals surface area contributed by atoms with Crippen LogP contribution in [-0.4, -0.2) is 48.7 Å². The Hall–Kier alpha value is -2.73. The van der Waals surface area contributed by atoms with Gasteiger partial charge in [-0.2, -0.15) is 0 Å². The highest BCUT2D eigenvalue weighted by Gasteiger charge is 2.06. The van der Waals surface area contributed by atoms with Crippen molar-refractivity contribution in [1.29, 1.82) is 0 Å². The van der Waals surface area contributed by atoms with Gasteiger partial charge in [0.1, 0.15) is 0 Å². The van der Waals surface area contributed by atoms with Crippen molar-refractivity contribution < 1.29 is 0 Å². The van der Waals surface area contributed by atoms with Crippen molar-refractivity contribution in [2.45, 2.75) is 0 Å². The Kier molecular flexibility index (Phi) is 5.09.